The molecule has 0 amide bonds. The average Bonchev–Trinajstić information content (AvgIpc) is 2.29. The largest absolute Gasteiger partial charge is 0.462 e. The maximum Gasteiger partial charge on any atom is 0.338 e. The lowest BCUT2D eigenvalue weighted by Crippen LogP contribution is -2.04. The van der Waals surface area contributed by atoms with E-state index in [1.165, 1.54) is 6.33 Å². The Bertz CT molecular complexity index is 542. The van der Waals surface area contributed by atoms with Crippen LogP contribution >= 0.6 is 11.6 Å². The van der Waals surface area contributed by atoms with Gasteiger partial charge in [0.05, 0.1) is 17.7 Å². The fourth-order valence-electron chi connectivity index (χ4n) is 1.37. The third-order valence-electron chi connectivity index (χ3n) is 2.10. The second-order valence-corrected chi connectivity index (χ2v) is 3.47. The first-order valence-corrected chi connectivity index (χ1v) is 5.17. The lowest BCUT2D eigenvalue weighted by Gasteiger charge is -2.03. The lowest BCUT2D eigenvalue weighted by atomic mass is 10.1. The molecule has 0 aliphatic rings. The zero-order valence-electron chi connectivity index (χ0n) is 8.61. The number of nitrogens with zero attached hydrogens (tertiary/aromatic N) is 2. The van der Waals surface area contributed by atoms with Gasteiger partial charge >= 0.3 is 5.97 Å². The van der Waals surface area contributed by atoms with Gasteiger partial charge in [-0.25, -0.2) is 14.8 Å². The summed E-state index contributed by atoms with van der Waals surface area (Å²) in [5.74, 6) is -0.371. The monoisotopic (exact) mass is 236 g/mol. The Morgan fingerprint density at radius 3 is 3.00 bits per heavy atom. The number of benzene rings is 1. The van der Waals surface area contributed by atoms with E-state index >= 15 is 0 Å². The van der Waals surface area contributed by atoms with Crippen molar-refractivity contribution in [1.82, 2.24) is 9.97 Å². The third-order valence-corrected chi connectivity index (χ3v) is 2.40. The van der Waals surface area contributed by atoms with E-state index in [0.717, 1.165) is 0 Å². The molecule has 0 aliphatic heterocycles. The Morgan fingerprint density at radius 2 is 2.25 bits per heavy atom. The van der Waals surface area contributed by atoms with Gasteiger partial charge in [-0.15, -0.1) is 0 Å². The van der Waals surface area contributed by atoms with Crippen LogP contribution < -0.4 is 0 Å². The van der Waals surface area contributed by atoms with Gasteiger partial charge in [0.2, 0.25) is 0 Å². The zero-order valence-corrected chi connectivity index (χ0v) is 9.36. The second kappa shape index (κ2) is 4.45. The van der Waals surface area contributed by atoms with Crippen molar-refractivity contribution in [3.05, 3.63) is 35.2 Å². The van der Waals surface area contributed by atoms with E-state index in [0.29, 0.717) is 28.2 Å². The minimum absolute atomic E-state index is 0.330. The maximum atomic E-state index is 11.5. The summed E-state index contributed by atoms with van der Waals surface area (Å²) in [6.07, 6.45) is 1.38. The number of carbonyl (C=O) groups is 1. The van der Waals surface area contributed by atoms with Gasteiger partial charge in [-0.05, 0) is 25.1 Å². The predicted molar refractivity (Wildman–Crippen MR) is 60.5 cm³/mol. The highest BCUT2D eigenvalue weighted by atomic mass is 35.5. The van der Waals surface area contributed by atoms with Crippen LogP contribution in [0.25, 0.3) is 10.9 Å². The Balaban J connectivity index is 2.51. The molecule has 0 spiro atoms. The second-order valence-electron chi connectivity index (χ2n) is 3.12. The topological polar surface area (TPSA) is 52.1 Å². The van der Waals surface area contributed by atoms with Crippen LogP contribution in [-0.4, -0.2) is 22.5 Å². The summed E-state index contributed by atoms with van der Waals surface area (Å²) in [5.41, 5.74) is 1.15. The molecule has 0 unspecified atom stereocenters. The molecule has 0 saturated carbocycles. The Hall–Kier alpha value is -1.68. The molecule has 1 aromatic heterocycles. The minimum atomic E-state index is -0.371. The fourth-order valence-corrected chi connectivity index (χ4v) is 1.56. The smallest absolute Gasteiger partial charge is 0.338 e. The molecule has 1 aromatic carbocycles. The number of aromatic nitrogens is 2. The molecule has 4 nitrogen and oxygen atoms in total. The summed E-state index contributed by atoms with van der Waals surface area (Å²) in [4.78, 5) is 19.4. The van der Waals surface area contributed by atoms with E-state index in [1.807, 2.05) is 0 Å². The molecule has 0 aliphatic carbocycles. The van der Waals surface area contributed by atoms with E-state index < -0.39 is 0 Å². The van der Waals surface area contributed by atoms with Crippen LogP contribution in [0.1, 0.15) is 17.3 Å². The average molecular weight is 237 g/mol. The first-order valence-electron chi connectivity index (χ1n) is 4.79. The third kappa shape index (κ3) is 1.97. The number of halogens is 1. The molecule has 0 saturated heterocycles. The lowest BCUT2D eigenvalue weighted by molar-refractivity contribution is 0.0526. The van der Waals surface area contributed by atoms with E-state index in [1.54, 1.807) is 25.1 Å². The molecule has 2 rings (SSSR count). The molecule has 5 heteroatoms. The predicted octanol–water partition coefficient (Wildman–Crippen LogP) is 2.46. The molecular weight excluding hydrogens is 228 g/mol. The van der Waals surface area contributed by atoms with Gasteiger partial charge in [-0.1, -0.05) is 11.6 Å². The number of rotatable bonds is 2. The van der Waals surface area contributed by atoms with Crippen molar-refractivity contribution in [2.75, 3.05) is 6.61 Å². The quantitative estimate of drug-likeness (QED) is 0.594. The normalized spacial score (nSPS) is 10.4. The van der Waals surface area contributed by atoms with Crippen molar-refractivity contribution in [1.29, 1.82) is 0 Å². The highest BCUT2D eigenvalue weighted by Crippen LogP contribution is 2.20. The van der Waals surface area contributed by atoms with Crippen LogP contribution in [0.5, 0.6) is 0 Å². The Morgan fingerprint density at radius 1 is 1.44 bits per heavy atom. The molecule has 0 atom stereocenters. The number of ether oxygens (including phenoxy) is 1. The van der Waals surface area contributed by atoms with Crippen molar-refractivity contribution in [2.24, 2.45) is 0 Å². The fraction of sp³-hybridized carbons (Fsp3) is 0.182. The van der Waals surface area contributed by atoms with Crippen LogP contribution in [0.2, 0.25) is 5.15 Å². The molecule has 82 valence electrons. The highest BCUT2D eigenvalue weighted by Gasteiger charge is 2.09. The highest BCUT2D eigenvalue weighted by molar-refractivity contribution is 6.34. The van der Waals surface area contributed by atoms with Gasteiger partial charge < -0.3 is 4.74 Å². The molecule has 1 heterocycles. The minimum Gasteiger partial charge on any atom is -0.462 e. The van der Waals surface area contributed by atoms with Crippen molar-refractivity contribution < 1.29 is 9.53 Å². The van der Waals surface area contributed by atoms with Gasteiger partial charge in [0.1, 0.15) is 11.5 Å². The summed E-state index contributed by atoms with van der Waals surface area (Å²) in [6.45, 7) is 2.10. The van der Waals surface area contributed by atoms with Crippen LogP contribution in [0.15, 0.2) is 24.5 Å². The molecule has 0 fully saturated rings. The Labute approximate surface area is 97.2 Å². The van der Waals surface area contributed by atoms with Gasteiger partial charge in [0, 0.05) is 5.39 Å². The first kappa shape index (κ1) is 10.8. The van der Waals surface area contributed by atoms with E-state index in [9.17, 15) is 4.79 Å². The van der Waals surface area contributed by atoms with Crippen molar-refractivity contribution >= 4 is 28.5 Å². The number of esters is 1. The van der Waals surface area contributed by atoms with E-state index in [2.05, 4.69) is 9.97 Å². The molecule has 0 N–H and O–H groups in total. The zero-order chi connectivity index (χ0) is 11.5. The summed E-state index contributed by atoms with van der Waals surface area (Å²) in [7, 11) is 0. The van der Waals surface area contributed by atoms with E-state index in [-0.39, 0.29) is 5.97 Å². The molecule has 2 aromatic rings. The van der Waals surface area contributed by atoms with Crippen molar-refractivity contribution in [3.8, 4) is 0 Å². The van der Waals surface area contributed by atoms with Crippen LogP contribution in [0, 0.1) is 0 Å². The van der Waals surface area contributed by atoms with Gasteiger partial charge in [-0.2, -0.15) is 0 Å². The molecular formula is C11H9ClN2O2. The van der Waals surface area contributed by atoms with Crippen molar-refractivity contribution in [3.63, 3.8) is 0 Å². The molecule has 16 heavy (non-hydrogen) atoms. The molecule has 0 bridgehead atoms. The summed E-state index contributed by atoms with van der Waals surface area (Å²) in [5, 5.41) is 0.978. The number of hydrogen-bond donors (Lipinski definition) is 0. The van der Waals surface area contributed by atoms with Crippen molar-refractivity contribution in [2.45, 2.75) is 6.92 Å². The SMILES string of the molecule is CCOC(=O)c1ccc2ncnc(Cl)c2c1. The van der Waals surface area contributed by atoms with Gasteiger partial charge in [0.15, 0.2) is 0 Å². The Kier molecular flexibility index (Phi) is 3.01. The number of carbonyl (C=O) groups excluding carboxylic acids is 1. The van der Waals surface area contributed by atoms with Gasteiger partial charge in [0.25, 0.3) is 0 Å². The van der Waals surface area contributed by atoms with Crippen LogP contribution in [-0.2, 0) is 4.74 Å². The maximum absolute atomic E-state index is 11.5. The summed E-state index contributed by atoms with van der Waals surface area (Å²) >= 11 is 5.91. The van der Waals surface area contributed by atoms with Gasteiger partial charge in [-0.3, -0.25) is 0 Å². The first-order chi connectivity index (χ1) is 7.72. The summed E-state index contributed by atoms with van der Waals surface area (Å²) in [6, 6.07) is 5.01. The number of hydrogen-bond acceptors (Lipinski definition) is 4. The van der Waals surface area contributed by atoms with Crippen LogP contribution in [0.4, 0.5) is 0 Å². The van der Waals surface area contributed by atoms with E-state index in [4.69, 9.17) is 16.3 Å². The molecule has 0 radical (unpaired) electrons. The van der Waals surface area contributed by atoms with Crippen LogP contribution in [0.3, 0.4) is 0 Å². The standard InChI is InChI=1S/C11H9ClN2O2/c1-2-16-11(15)7-3-4-9-8(5-7)10(12)14-6-13-9/h3-6H,2H2,1H3. The summed E-state index contributed by atoms with van der Waals surface area (Å²) < 4.78 is 4.89. The number of fused-ring (bicyclic) bond motifs is 1.